The van der Waals surface area contributed by atoms with Gasteiger partial charge < -0.3 is 20.1 Å². The summed E-state index contributed by atoms with van der Waals surface area (Å²) in [5, 5.41) is 9.65. The van der Waals surface area contributed by atoms with Crippen LogP contribution in [0.5, 0.6) is 0 Å². The maximum atomic E-state index is 12.1. The normalized spacial score (nSPS) is 24.2. The summed E-state index contributed by atoms with van der Waals surface area (Å²) >= 11 is 0. The summed E-state index contributed by atoms with van der Waals surface area (Å²) in [4.78, 5) is 42.9. The Kier molecular flexibility index (Phi) is 7.46. The van der Waals surface area contributed by atoms with E-state index in [1.807, 2.05) is 0 Å². The van der Waals surface area contributed by atoms with Crippen LogP contribution in [0.3, 0.4) is 0 Å². The number of alkyl carbamates (subject to hydrolysis) is 1. The second-order valence-electron chi connectivity index (χ2n) is 7.23. The molecular formula is C17H26N8O5. The lowest BCUT2D eigenvalue weighted by molar-refractivity contribution is -0.0308. The number of aryl methyl sites for hydroxylation is 1. The number of hydrogen-bond donors (Lipinski definition) is 3. The molecule has 2 aliphatic heterocycles. The Morgan fingerprint density at radius 3 is 2.93 bits per heavy atom. The SMILES string of the molecule is Cc1cn([C@H]2C[C@H](N=[N+]=[N-])[C@@H](COC(=O)NCCN3CCNCC3)O2)c(=O)[nH]c1=O. The molecule has 3 atom stereocenters. The number of azide groups is 1. The van der Waals surface area contributed by atoms with Gasteiger partial charge in [-0.3, -0.25) is 19.2 Å². The van der Waals surface area contributed by atoms with Crippen LogP contribution < -0.4 is 21.9 Å². The summed E-state index contributed by atoms with van der Waals surface area (Å²) < 4.78 is 12.2. The molecule has 0 aliphatic carbocycles. The maximum absolute atomic E-state index is 12.1. The number of H-pyrrole nitrogens is 1. The molecule has 0 bridgehead atoms. The van der Waals surface area contributed by atoms with E-state index < -0.39 is 35.7 Å². The largest absolute Gasteiger partial charge is 0.447 e. The Bertz CT molecular complexity index is 902. The first-order chi connectivity index (χ1) is 14.5. The van der Waals surface area contributed by atoms with E-state index in [0.29, 0.717) is 12.1 Å². The van der Waals surface area contributed by atoms with Crippen LogP contribution in [0.2, 0.25) is 0 Å². The number of amides is 1. The minimum atomic E-state index is -0.743. The lowest BCUT2D eigenvalue weighted by Gasteiger charge is -2.27. The number of aromatic nitrogens is 2. The summed E-state index contributed by atoms with van der Waals surface area (Å²) in [5.41, 5.74) is 8.06. The molecule has 1 aromatic heterocycles. The van der Waals surface area contributed by atoms with Gasteiger partial charge in [-0.1, -0.05) is 5.11 Å². The fraction of sp³-hybridized carbons (Fsp3) is 0.706. The molecule has 0 radical (unpaired) electrons. The van der Waals surface area contributed by atoms with Gasteiger partial charge in [-0.15, -0.1) is 0 Å². The zero-order valence-corrected chi connectivity index (χ0v) is 16.7. The topological polar surface area (TPSA) is 166 Å². The highest BCUT2D eigenvalue weighted by atomic mass is 16.6. The average Bonchev–Trinajstić information content (AvgIpc) is 3.13. The Balaban J connectivity index is 1.52. The number of carbonyl (C=O) groups excluding carboxylic acids is 1. The Labute approximate surface area is 172 Å². The van der Waals surface area contributed by atoms with Crippen molar-refractivity contribution in [3.05, 3.63) is 43.0 Å². The molecule has 30 heavy (non-hydrogen) atoms. The molecule has 164 valence electrons. The van der Waals surface area contributed by atoms with Gasteiger partial charge in [0, 0.05) is 62.4 Å². The molecule has 2 fully saturated rings. The summed E-state index contributed by atoms with van der Waals surface area (Å²) in [5.74, 6) is 0. The van der Waals surface area contributed by atoms with E-state index in [2.05, 4.69) is 30.5 Å². The van der Waals surface area contributed by atoms with Gasteiger partial charge in [-0.2, -0.15) is 0 Å². The highest BCUT2D eigenvalue weighted by Gasteiger charge is 2.37. The molecule has 3 heterocycles. The number of piperazine rings is 1. The average molecular weight is 422 g/mol. The van der Waals surface area contributed by atoms with Crippen LogP contribution in [0.4, 0.5) is 4.79 Å². The number of aromatic amines is 1. The first kappa shape index (κ1) is 21.8. The molecule has 1 amide bonds. The zero-order chi connectivity index (χ0) is 21.5. The maximum Gasteiger partial charge on any atom is 0.407 e. The lowest BCUT2D eigenvalue weighted by atomic mass is 10.1. The predicted octanol–water partition coefficient (Wildman–Crippen LogP) is -0.557. The van der Waals surface area contributed by atoms with Crippen molar-refractivity contribution < 1.29 is 14.3 Å². The van der Waals surface area contributed by atoms with Crippen LogP contribution in [-0.2, 0) is 9.47 Å². The Morgan fingerprint density at radius 2 is 2.20 bits per heavy atom. The summed E-state index contributed by atoms with van der Waals surface area (Å²) in [6.45, 7) is 6.37. The smallest absolute Gasteiger partial charge is 0.407 e. The van der Waals surface area contributed by atoms with Gasteiger partial charge >= 0.3 is 11.8 Å². The fourth-order valence-corrected chi connectivity index (χ4v) is 3.48. The summed E-state index contributed by atoms with van der Waals surface area (Å²) in [6, 6.07) is -0.618. The van der Waals surface area contributed by atoms with E-state index in [4.69, 9.17) is 15.0 Å². The first-order valence-corrected chi connectivity index (χ1v) is 9.83. The summed E-state index contributed by atoms with van der Waals surface area (Å²) in [7, 11) is 0. The number of carbonyl (C=O) groups is 1. The van der Waals surface area contributed by atoms with Crippen LogP contribution in [0, 0.1) is 6.92 Å². The van der Waals surface area contributed by atoms with E-state index >= 15 is 0 Å². The molecule has 3 rings (SSSR count). The van der Waals surface area contributed by atoms with Crippen LogP contribution >= 0.6 is 0 Å². The monoisotopic (exact) mass is 422 g/mol. The molecular weight excluding hydrogens is 396 g/mol. The van der Waals surface area contributed by atoms with Crippen molar-refractivity contribution in [2.24, 2.45) is 5.11 Å². The number of rotatable bonds is 7. The molecule has 0 aromatic carbocycles. The Hall–Kier alpha value is -2.86. The number of nitrogens with zero attached hydrogens (tertiary/aromatic N) is 5. The predicted molar refractivity (Wildman–Crippen MR) is 106 cm³/mol. The minimum Gasteiger partial charge on any atom is -0.447 e. The van der Waals surface area contributed by atoms with Crippen molar-refractivity contribution in [1.82, 2.24) is 25.1 Å². The highest BCUT2D eigenvalue weighted by Crippen LogP contribution is 2.30. The highest BCUT2D eigenvalue weighted by molar-refractivity contribution is 5.67. The third-order valence-corrected chi connectivity index (χ3v) is 5.15. The molecule has 1 aromatic rings. The van der Waals surface area contributed by atoms with Gasteiger partial charge in [-0.25, -0.2) is 9.59 Å². The van der Waals surface area contributed by atoms with Crippen LogP contribution in [0.1, 0.15) is 18.2 Å². The fourth-order valence-electron chi connectivity index (χ4n) is 3.48. The van der Waals surface area contributed by atoms with Crippen LogP contribution in [0.25, 0.3) is 10.4 Å². The molecule has 3 N–H and O–H groups in total. The molecule has 0 saturated carbocycles. The third kappa shape index (κ3) is 5.60. The van der Waals surface area contributed by atoms with Crippen molar-refractivity contribution in [2.75, 3.05) is 45.9 Å². The molecule has 13 nitrogen and oxygen atoms in total. The van der Waals surface area contributed by atoms with Gasteiger partial charge in [0.15, 0.2) is 0 Å². The van der Waals surface area contributed by atoms with E-state index in [-0.39, 0.29) is 13.0 Å². The lowest BCUT2D eigenvalue weighted by Crippen LogP contribution is -2.46. The second-order valence-corrected chi connectivity index (χ2v) is 7.23. The third-order valence-electron chi connectivity index (χ3n) is 5.15. The number of nitrogens with one attached hydrogen (secondary N) is 3. The molecule has 0 spiro atoms. The van der Waals surface area contributed by atoms with Crippen molar-refractivity contribution in [1.29, 1.82) is 0 Å². The standard InChI is InChI=1S/C17H26N8O5/c1-11-9-25(16(27)21-15(11)26)14-8-12(22-23-18)13(30-14)10-29-17(28)20-4-7-24-5-2-19-3-6-24/h9,12-14,19H,2-8,10H2,1H3,(H,20,28)(H,21,26,27)/t12-,13+,14+/m0/s1. The molecule has 0 unspecified atom stereocenters. The van der Waals surface area contributed by atoms with Gasteiger partial charge in [0.05, 0.1) is 6.04 Å². The van der Waals surface area contributed by atoms with Crippen molar-refractivity contribution in [3.63, 3.8) is 0 Å². The van der Waals surface area contributed by atoms with Crippen molar-refractivity contribution in [3.8, 4) is 0 Å². The van der Waals surface area contributed by atoms with Crippen molar-refractivity contribution >= 4 is 6.09 Å². The minimum absolute atomic E-state index is 0.128. The molecule has 13 heteroatoms. The van der Waals surface area contributed by atoms with Crippen LogP contribution in [0.15, 0.2) is 20.9 Å². The van der Waals surface area contributed by atoms with Crippen molar-refractivity contribution in [2.45, 2.75) is 31.7 Å². The number of hydrogen-bond acceptors (Lipinski definition) is 8. The van der Waals surface area contributed by atoms with Gasteiger partial charge in [0.1, 0.15) is 18.9 Å². The quantitative estimate of drug-likeness (QED) is 0.301. The molecule has 2 aliphatic rings. The Morgan fingerprint density at radius 1 is 1.43 bits per heavy atom. The molecule has 2 saturated heterocycles. The van der Waals surface area contributed by atoms with E-state index in [1.165, 1.54) is 10.8 Å². The summed E-state index contributed by atoms with van der Waals surface area (Å²) in [6.07, 6.45) is -0.426. The van der Waals surface area contributed by atoms with Gasteiger partial charge in [0.25, 0.3) is 5.56 Å². The van der Waals surface area contributed by atoms with Crippen LogP contribution in [-0.4, -0.2) is 78.6 Å². The van der Waals surface area contributed by atoms with E-state index in [9.17, 15) is 14.4 Å². The zero-order valence-electron chi connectivity index (χ0n) is 16.7. The van der Waals surface area contributed by atoms with E-state index in [1.54, 1.807) is 6.92 Å². The van der Waals surface area contributed by atoms with Gasteiger partial charge in [-0.05, 0) is 12.5 Å². The van der Waals surface area contributed by atoms with E-state index in [0.717, 1.165) is 32.7 Å². The second kappa shape index (κ2) is 10.3. The number of ether oxygens (including phenoxy) is 2. The van der Waals surface area contributed by atoms with Gasteiger partial charge in [0.2, 0.25) is 0 Å². The first-order valence-electron chi connectivity index (χ1n) is 9.83.